The van der Waals surface area contributed by atoms with Crippen molar-refractivity contribution in [2.75, 3.05) is 26.2 Å². The number of aromatic nitrogens is 1. The molecule has 1 aromatic heterocycles. The lowest BCUT2D eigenvalue weighted by Crippen LogP contribution is -2.50. The number of nitrogens with zero attached hydrogens (tertiary/aromatic N) is 1. The highest BCUT2D eigenvalue weighted by molar-refractivity contribution is 6.06. The number of hydrogen-bond donors (Lipinski definition) is 3. The fourth-order valence-corrected chi connectivity index (χ4v) is 3.80. The molecule has 3 saturated heterocycles. The van der Waals surface area contributed by atoms with Crippen molar-refractivity contribution in [3.8, 4) is 11.5 Å². The molecule has 0 amide bonds. The standard InChI is InChI=1S/C17H20N2O4/c20-11-7-13-15(14(21)8-11)12(9-18-13)16(22)23-10-17-1-4-19(5-2-17)6-3-17/h7-9,18,20-21H,1-6,10H2. The lowest BCUT2D eigenvalue weighted by molar-refractivity contribution is -0.0304. The van der Waals surface area contributed by atoms with E-state index in [0.29, 0.717) is 23.1 Å². The third kappa shape index (κ3) is 2.43. The van der Waals surface area contributed by atoms with Crippen LogP contribution in [0.4, 0.5) is 0 Å². The number of hydrogen-bond acceptors (Lipinski definition) is 5. The quantitative estimate of drug-likeness (QED) is 0.756. The second-order valence-corrected chi connectivity index (χ2v) is 6.76. The number of benzene rings is 1. The van der Waals surface area contributed by atoms with E-state index in [0.717, 1.165) is 38.9 Å². The van der Waals surface area contributed by atoms with Gasteiger partial charge in [-0.15, -0.1) is 0 Å². The van der Waals surface area contributed by atoms with Crippen LogP contribution in [0.5, 0.6) is 11.5 Å². The monoisotopic (exact) mass is 316 g/mol. The van der Waals surface area contributed by atoms with E-state index in [2.05, 4.69) is 9.88 Å². The molecule has 3 aliphatic heterocycles. The van der Waals surface area contributed by atoms with Crippen LogP contribution >= 0.6 is 0 Å². The Morgan fingerprint density at radius 1 is 1.22 bits per heavy atom. The first-order valence-electron chi connectivity index (χ1n) is 7.99. The van der Waals surface area contributed by atoms with Gasteiger partial charge in [-0.2, -0.15) is 0 Å². The van der Waals surface area contributed by atoms with Crippen LogP contribution in [0.2, 0.25) is 0 Å². The van der Waals surface area contributed by atoms with Gasteiger partial charge >= 0.3 is 5.97 Å². The van der Waals surface area contributed by atoms with Gasteiger partial charge in [0.25, 0.3) is 0 Å². The van der Waals surface area contributed by atoms with Gasteiger partial charge in [-0.3, -0.25) is 0 Å². The van der Waals surface area contributed by atoms with Crippen molar-refractivity contribution in [3.63, 3.8) is 0 Å². The number of phenolic OH excluding ortho intramolecular Hbond substituents is 2. The van der Waals surface area contributed by atoms with Crippen molar-refractivity contribution >= 4 is 16.9 Å². The Kier molecular flexibility index (Phi) is 3.23. The van der Waals surface area contributed by atoms with Crippen LogP contribution in [0.3, 0.4) is 0 Å². The van der Waals surface area contributed by atoms with E-state index in [1.54, 1.807) is 0 Å². The van der Waals surface area contributed by atoms with Gasteiger partial charge in [0.1, 0.15) is 11.5 Å². The highest BCUT2D eigenvalue weighted by Crippen LogP contribution is 2.40. The smallest absolute Gasteiger partial charge is 0.340 e. The third-order valence-corrected chi connectivity index (χ3v) is 5.35. The van der Waals surface area contributed by atoms with E-state index in [-0.39, 0.29) is 16.9 Å². The number of H-pyrrole nitrogens is 1. The summed E-state index contributed by atoms with van der Waals surface area (Å²) in [6.07, 6.45) is 4.75. The van der Waals surface area contributed by atoms with E-state index in [1.807, 2.05) is 0 Å². The summed E-state index contributed by atoms with van der Waals surface area (Å²) in [6, 6.07) is 2.70. The fraction of sp³-hybridized carbons (Fsp3) is 0.471. The van der Waals surface area contributed by atoms with Crippen molar-refractivity contribution in [1.29, 1.82) is 0 Å². The Balaban J connectivity index is 1.53. The molecule has 0 unspecified atom stereocenters. The number of phenols is 2. The van der Waals surface area contributed by atoms with Crippen LogP contribution in [0.25, 0.3) is 10.9 Å². The Morgan fingerprint density at radius 2 is 1.91 bits per heavy atom. The number of aromatic hydroxyl groups is 2. The molecular weight excluding hydrogens is 296 g/mol. The predicted octanol–water partition coefficient (Wildman–Crippen LogP) is 2.22. The number of aromatic amines is 1. The predicted molar refractivity (Wildman–Crippen MR) is 84.6 cm³/mol. The van der Waals surface area contributed by atoms with Crippen molar-refractivity contribution in [2.45, 2.75) is 19.3 Å². The van der Waals surface area contributed by atoms with E-state index < -0.39 is 5.97 Å². The molecule has 3 aliphatic rings. The van der Waals surface area contributed by atoms with Crippen molar-refractivity contribution in [1.82, 2.24) is 9.88 Å². The zero-order valence-corrected chi connectivity index (χ0v) is 12.8. The molecule has 0 radical (unpaired) electrons. The summed E-state index contributed by atoms with van der Waals surface area (Å²) in [6.45, 7) is 3.70. The molecule has 0 spiro atoms. The minimum atomic E-state index is -0.431. The molecule has 122 valence electrons. The Hall–Kier alpha value is -2.21. The number of fused-ring (bicyclic) bond motifs is 4. The maximum absolute atomic E-state index is 12.4. The molecule has 1 aromatic carbocycles. The van der Waals surface area contributed by atoms with Gasteiger partial charge in [0.15, 0.2) is 0 Å². The Labute approximate surface area is 133 Å². The second kappa shape index (κ2) is 5.16. The van der Waals surface area contributed by atoms with Crippen LogP contribution in [-0.2, 0) is 4.74 Å². The molecule has 4 heterocycles. The minimum Gasteiger partial charge on any atom is -0.508 e. The van der Waals surface area contributed by atoms with Crippen LogP contribution in [0, 0.1) is 5.41 Å². The number of piperidine rings is 3. The minimum absolute atomic E-state index is 0.0513. The Morgan fingerprint density at radius 3 is 2.61 bits per heavy atom. The number of ether oxygens (including phenoxy) is 1. The fourth-order valence-electron chi connectivity index (χ4n) is 3.80. The van der Waals surface area contributed by atoms with Gasteiger partial charge in [0, 0.05) is 23.7 Å². The van der Waals surface area contributed by atoms with Crippen LogP contribution in [-0.4, -0.2) is 52.3 Å². The summed E-state index contributed by atoms with van der Waals surface area (Å²) in [5, 5.41) is 19.9. The maximum atomic E-state index is 12.4. The highest BCUT2D eigenvalue weighted by Gasteiger charge is 2.40. The lowest BCUT2D eigenvalue weighted by Gasteiger charge is -2.47. The third-order valence-electron chi connectivity index (χ3n) is 5.35. The zero-order chi connectivity index (χ0) is 16.0. The average molecular weight is 316 g/mol. The molecule has 3 N–H and O–H groups in total. The normalized spacial score (nSPS) is 26.5. The van der Waals surface area contributed by atoms with Gasteiger partial charge in [0.05, 0.1) is 23.1 Å². The summed E-state index contributed by atoms with van der Waals surface area (Å²) in [5.41, 5.74) is 0.942. The molecule has 6 heteroatoms. The Bertz CT molecular complexity index is 746. The average Bonchev–Trinajstić information content (AvgIpc) is 2.98. The van der Waals surface area contributed by atoms with Crippen molar-refractivity contribution in [2.24, 2.45) is 5.41 Å². The maximum Gasteiger partial charge on any atom is 0.340 e. The molecule has 0 aliphatic carbocycles. The van der Waals surface area contributed by atoms with Crippen molar-refractivity contribution in [3.05, 3.63) is 23.9 Å². The van der Waals surface area contributed by atoms with Crippen LogP contribution in [0.1, 0.15) is 29.6 Å². The molecule has 0 saturated carbocycles. The van der Waals surface area contributed by atoms with E-state index in [1.165, 1.54) is 18.3 Å². The number of esters is 1. The number of carbonyl (C=O) groups excluding carboxylic acids is 1. The number of rotatable bonds is 3. The van der Waals surface area contributed by atoms with Gasteiger partial charge < -0.3 is 24.8 Å². The first-order chi connectivity index (χ1) is 11.1. The summed E-state index contributed by atoms with van der Waals surface area (Å²) in [5.74, 6) is -0.610. The SMILES string of the molecule is O=C(OCC12CCN(CC1)CC2)c1c[nH]c2cc(O)cc(O)c12. The molecule has 5 rings (SSSR count). The van der Waals surface area contributed by atoms with Gasteiger partial charge in [-0.1, -0.05) is 0 Å². The van der Waals surface area contributed by atoms with Crippen molar-refractivity contribution < 1.29 is 19.7 Å². The molecule has 2 aromatic rings. The zero-order valence-electron chi connectivity index (χ0n) is 12.8. The molecule has 6 nitrogen and oxygen atoms in total. The first-order valence-corrected chi connectivity index (χ1v) is 7.99. The summed E-state index contributed by atoms with van der Waals surface area (Å²) < 4.78 is 5.59. The molecule has 2 bridgehead atoms. The second-order valence-electron chi connectivity index (χ2n) is 6.76. The van der Waals surface area contributed by atoms with E-state index >= 15 is 0 Å². The van der Waals surface area contributed by atoms with E-state index in [4.69, 9.17) is 4.74 Å². The van der Waals surface area contributed by atoms with Gasteiger partial charge in [-0.25, -0.2) is 4.79 Å². The van der Waals surface area contributed by atoms with Crippen LogP contribution in [0.15, 0.2) is 18.3 Å². The molecule has 3 fully saturated rings. The van der Waals surface area contributed by atoms with E-state index in [9.17, 15) is 15.0 Å². The lowest BCUT2D eigenvalue weighted by atomic mass is 9.73. The van der Waals surface area contributed by atoms with Gasteiger partial charge in [0.2, 0.25) is 0 Å². The van der Waals surface area contributed by atoms with Crippen LogP contribution < -0.4 is 0 Å². The summed E-state index contributed by atoms with van der Waals surface area (Å²) in [7, 11) is 0. The molecule has 0 atom stereocenters. The topological polar surface area (TPSA) is 85.8 Å². The summed E-state index contributed by atoms with van der Waals surface area (Å²) >= 11 is 0. The first kappa shape index (κ1) is 14.4. The molecular formula is C17H20N2O4. The summed E-state index contributed by atoms with van der Waals surface area (Å²) in [4.78, 5) is 17.8. The molecule has 23 heavy (non-hydrogen) atoms. The van der Waals surface area contributed by atoms with Gasteiger partial charge in [-0.05, 0) is 38.9 Å². The largest absolute Gasteiger partial charge is 0.508 e. The number of nitrogens with one attached hydrogen (secondary N) is 1. The highest BCUT2D eigenvalue weighted by atomic mass is 16.5. The number of carbonyl (C=O) groups is 1.